The van der Waals surface area contributed by atoms with E-state index in [9.17, 15) is 4.21 Å². The van der Waals surface area contributed by atoms with Gasteiger partial charge in [-0.2, -0.15) is 0 Å². The lowest BCUT2D eigenvalue weighted by molar-refractivity contribution is 0.312. The van der Waals surface area contributed by atoms with Gasteiger partial charge >= 0.3 is 0 Å². The predicted octanol–water partition coefficient (Wildman–Crippen LogP) is -0.410. The fourth-order valence-electron chi connectivity index (χ4n) is 0.371. The lowest BCUT2D eigenvalue weighted by Crippen LogP contribution is -2.20. The molecule has 0 aromatic rings. The highest BCUT2D eigenvalue weighted by molar-refractivity contribution is 7.78. The van der Waals surface area contributed by atoms with E-state index in [1.54, 1.807) is 0 Å². The second-order valence-electron chi connectivity index (χ2n) is 1.25. The van der Waals surface area contributed by atoms with Crippen molar-refractivity contribution >= 4 is 11.3 Å². The molecule has 1 saturated heterocycles. The molecule has 1 unspecified atom stereocenters. The summed E-state index contributed by atoms with van der Waals surface area (Å²) in [6.07, 6.45) is 0.908. The zero-order chi connectivity index (χ0) is 5.11. The second-order valence-corrected chi connectivity index (χ2v) is 2.17. The molecule has 1 radical (unpaired) electrons. The fourth-order valence-corrected chi connectivity index (χ4v) is 0.984. The lowest BCUT2D eigenvalue weighted by Gasteiger charge is -2.06. The van der Waals surface area contributed by atoms with Crippen LogP contribution in [0.25, 0.3) is 0 Å². The van der Waals surface area contributed by atoms with Crippen molar-refractivity contribution in [1.29, 1.82) is 0 Å². The predicted molar refractivity (Wildman–Crippen MR) is 25.7 cm³/mol. The molecule has 1 heterocycles. The molecule has 0 amide bonds. The zero-order valence-electron chi connectivity index (χ0n) is 3.79. The highest BCUT2D eigenvalue weighted by Gasteiger charge is 2.05. The largest absolute Gasteiger partial charge is 0.277 e. The van der Waals surface area contributed by atoms with E-state index in [2.05, 4.69) is 8.91 Å². The highest BCUT2D eigenvalue weighted by atomic mass is 32.2. The first-order valence-corrected chi connectivity index (χ1v) is 3.15. The second kappa shape index (κ2) is 2.40. The fraction of sp³-hybridized carbons (Fsp3) is 1.00. The molecule has 0 spiro atoms. The molecule has 1 aliphatic heterocycles. The van der Waals surface area contributed by atoms with Crippen LogP contribution in [0.3, 0.4) is 0 Å². The number of hydrogen-bond acceptors (Lipinski definition) is 2. The van der Waals surface area contributed by atoms with E-state index in [-0.39, 0.29) is 0 Å². The maximum atomic E-state index is 10.2. The first-order valence-electron chi connectivity index (χ1n) is 2.12. The van der Waals surface area contributed by atoms with Crippen LogP contribution in [0.1, 0.15) is 6.42 Å². The SMILES string of the molecule is O=S1[N]CCCO1. The van der Waals surface area contributed by atoms with Gasteiger partial charge in [0.25, 0.3) is 11.3 Å². The Morgan fingerprint density at radius 2 is 2.57 bits per heavy atom. The Bertz CT molecular complexity index is 77.0. The van der Waals surface area contributed by atoms with Crippen molar-refractivity contribution in [1.82, 2.24) is 4.72 Å². The van der Waals surface area contributed by atoms with E-state index in [1.165, 1.54) is 0 Å². The molecule has 1 fully saturated rings. The molecule has 0 aliphatic carbocycles. The smallest absolute Gasteiger partial charge is 0.252 e. The van der Waals surface area contributed by atoms with Gasteiger partial charge in [0.15, 0.2) is 0 Å². The van der Waals surface area contributed by atoms with Gasteiger partial charge in [-0.05, 0) is 6.42 Å². The van der Waals surface area contributed by atoms with Gasteiger partial charge in [0.05, 0.1) is 6.61 Å². The third-order valence-corrected chi connectivity index (χ3v) is 1.44. The first kappa shape index (κ1) is 5.21. The maximum absolute atomic E-state index is 10.2. The van der Waals surface area contributed by atoms with Crippen molar-refractivity contribution < 1.29 is 8.39 Å². The van der Waals surface area contributed by atoms with Crippen molar-refractivity contribution in [2.45, 2.75) is 6.42 Å². The van der Waals surface area contributed by atoms with Crippen LogP contribution in [0.15, 0.2) is 0 Å². The van der Waals surface area contributed by atoms with Crippen molar-refractivity contribution in [3.63, 3.8) is 0 Å². The molecule has 7 heavy (non-hydrogen) atoms. The molecule has 0 bridgehead atoms. The Balaban J connectivity index is 2.25. The molecule has 3 nitrogen and oxygen atoms in total. The molecular weight excluding hydrogens is 114 g/mol. The van der Waals surface area contributed by atoms with Gasteiger partial charge in [-0.25, -0.2) is 4.21 Å². The first-order chi connectivity index (χ1) is 3.39. The number of hydrogen-bond donors (Lipinski definition) is 0. The van der Waals surface area contributed by atoms with Crippen molar-refractivity contribution in [3.05, 3.63) is 0 Å². The summed E-state index contributed by atoms with van der Waals surface area (Å²) in [4.78, 5) is 0. The van der Waals surface area contributed by atoms with Gasteiger partial charge in [0.2, 0.25) is 0 Å². The third kappa shape index (κ3) is 1.54. The molecule has 0 aromatic heterocycles. The summed E-state index contributed by atoms with van der Waals surface area (Å²) in [6.45, 7) is 1.28. The van der Waals surface area contributed by atoms with E-state index in [0.29, 0.717) is 13.2 Å². The van der Waals surface area contributed by atoms with Crippen LogP contribution in [0, 0.1) is 0 Å². The van der Waals surface area contributed by atoms with E-state index >= 15 is 0 Å². The van der Waals surface area contributed by atoms with Gasteiger partial charge in [-0.1, -0.05) is 0 Å². The van der Waals surface area contributed by atoms with Gasteiger partial charge in [0, 0.05) is 6.54 Å². The standard InChI is InChI=1S/C3H6NO2S/c5-7-4-2-1-3-6-7/h1-3H2. The summed E-state index contributed by atoms with van der Waals surface area (Å²) < 4.78 is 18.3. The van der Waals surface area contributed by atoms with Gasteiger partial charge < -0.3 is 0 Å². The van der Waals surface area contributed by atoms with E-state index < -0.39 is 11.3 Å². The Morgan fingerprint density at radius 1 is 1.71 bits per heavy atom. The molecule has 41 valence electrons. The molecule has 1 rings (SSSR count). The minimum atomic E-state index is -1.32. The minimum absolute atomic E-state index is 0.593. The van der Waals surface area contributed by atoms with Crippen molar-refractivity contribution in [2.24, 2.45) is 0 Å². The molecule has 1 aliphatic rings. The third-order valence-electron chi connectivity index (χ3n) is 0.683. The summed E-state index contributed by atoms with van der Waals surface area (Å²) in [5.74, 6) is 0. The quantitative estimate of drug-likeness (QED) is 0.436. The Morgan fingerprint density at radius 3 is 2.86 bits per heavy atom. The monoisotopic (exact) mass is 120 g/mol. The van der Waals surface area contributed by atoms with Gasteiger partial charge in [0.1, 0.15) is 0 Å². The van der Waals surface area contributed by atoms with Crippen LogP contribution in [0.5, 0.6) is 0 Å². The highest BCUT2D eigenvalue weighted by Crippen LogP contribution is 1.93. The average molecular weight is 120 g/mol. The van der Waals surface area contributed by atoms with Crippen LogP contribution in [0.2, 0.25) is 0 Å². The minimum Gasteiger partial charge on any atom is -0.277 e. The maximum Gasteiger partial charge on any atom is 0.252 e. The molecule has 0 aromatic carbocycles. The summed E-state index contributed by atoms with van der Waals surface area (Å²) >= 11 is -1.32. The average Bonchev–Trinajstić information content (AvgIpc) is 1.69. The molecular formula is C3H6NO2S. The summed E-state index contributed by atoms with van der Waals surface area (Å²) in [5.41, 5.74) is 0. The van der Waals surface area contributed by atoms with Crippen LogP contribution in [0.4, 0.5) is 0 Å². The van der Waals surface area contributed by atoms with Crippen LogP contribution in [-0.4, -0.2) is 17.4 Å². The summed E-state index contributed by atoms with van der Waals surface area (Å²) in [5, 5.41) is 0. The van der Waals surface area contributed by atoms with Crippen LogP contribution in [-0.2, 0) is 15.4 Å². The van der Waals surface area contributed by atoms with Crippen LogP contribution >= 0.6 is 0 Å². The molecule has 4 heteroatoms. The van der Waals surface area contributed by atoms with E-state index in [4.69, 9.17) is 0 Å². The number of nitrogens with zero attached hydrogens (tertiary/aromatic N) is 1. The van der Waals surface area contributed by atoms with E-state index in [1.807, 2.05) is 0 Å². The molecule has 1 atom stereocenters. The zero-order valence-corrected chi connectivity index (χ0v) is 4.61. The Kier molecular flexibility index (Phi) is 1.78. The van der Waals surface area contributed by atoms with Crippen LogP contribution < -0.4 is 4.72 Å². The molecule has 0 saturated carbocycles. The van der Waals surface area contributed by atoms with Gasteiger partial charge in [-0.3, -0.25) is 4.18 Å². The summed E-state index contributed by atoms with van der Waals surface area (Å²) in [6, 6.07) is 0. The topological polar surface area (TPSA) is 40.4 Å². The number of rotatable bonds is 0. The van der Waals surface area contributed by atoms with Gasteiger partial charge in [-0.15, -0.1) is 4.72 Å². The lowest BCUT2D eigenvalue weighted by atomic mass is 10.5. The normalized spacial score (nSPS) is 32.9. The molecule has 0 N–H and O–H groups in total. The summed E-state index contributed by atoms with van der Waals surface area (Å²) in [7, 11) is 0. The van der Waals surface area contributed by atoms with E-state index in [0.717, 1.165) is 6.42 Å². The Hall–Kier alpha value is 0.0700. The van der Waals surface area contributed by atoms with Crippen molar-refractivity contribution in [2.75, 3.05) is 13.2 Å². The van der Waals surface area contributed by atoms with Crippen molar-refractivity contribution in [3.8, 4) is 0 Å². The Labute approximate surface area is 44.8 Å².